The van der Waals surface area contributed by atoms with Gasteiger partial charge in [0.2, 0.25) is 0 Å². The molecule has 3 N–H and O–H groups in total. The lowest BCUT2D eigenvalue weighted by Crippen LogP contribution is -2.43. The summed E-state index contributed by atoms with van der Waals surface area (Å²) in [7, 11) is -4.03. The van der Waals surface area contributed by atoms with Crippen LogP contribution in [0, 0.1) is 12.1 Å². The third kappa shape index (κ3) is 5.70. The van der Waals surface area contributed by atoms with Gasteiger partial charge < -0.3 is 19.1 Å². The van der Waals surface area contributed by atoms with E-state index in [9.17, 15) is 24.1 Å². The first-order chi connectivity index (χ1) is 14.3. The third-order valence-electron chi connectivity index (χ3n) is 4.48. The lowest BCUT2D eigenvalue weighted by atomic mass is 9.98. The van der Waals surface area contributed by atoms with Crippen molar-refractivity contribution in [2.45, 2.75) is 63.9 Å². The number of aromatic amines is 1. The van der Waals surface area contributed by atoms with E-state index in [1.807, 2.05) is 10.6 Å². The molecule has 6 atom stereocenters. The van der Waals surface area contributed by atoms with Gasteiger partial charge in [0.1, 0.15) is 18.2 Å². The van der Waals surface area contributed by atoms with Crippen molar-refractivity contribution in [3.63, 3.8) is 0 Å². The van der Waals surface area contributed by atoms with Crippen LogP contribution in [0.1, 0.15) is 33.9 Å². The van der Waals surface area contributed by atoms with Gasteiger partial charge in [0, 0.05) is 17.9 Å². The molecule has 2 rings (SSSR count). The molecule has 172 valence electrons. The maximum Gasteiger partial charge on any atom is 0.343 e. The smallest absolute Gasteiger partial charge is 0.343 e. The molecule has 31 heavy (non-hydrogen) atoms. The Labute approximate surface area is 177 Å². The Balaban J connectivity index is 2.12. The molecule has 0 bridgehead atoms. The van der Waals surface area contributed by atoms with E-state index in [1.54, 1.807) is 13.8 Å². The van der Waals surface area contributed by atoms with Crippen molar-refractivity contribution >= 4 is 13.5 Å². The molecular formula is C18H25FN3O8P. The molecule has 1 saturated heterocycles. The van der Waals surface area contributed by atoms with E-state index in [1.165, 1.54) is 6.92 Å². The molecule has 0 radical (unpaired) electrons. The molecule has 1 aromatic heterocycles. The second-order valence-electron chi connectivity index (χ2n) is 7.45. The van der Waals surface area contributed by atoms with E-state index in [0.717, 1.165) is 23.8 Å². The zero-order chi connectivity index (χ0) is 23.6. The fourth-order valence-corrected chi connectivity index (χ4v) is 4.09. The van der Waals surface area contributed by atoms with Gasteiger partial charge in [-0.1, -0.05) is 0 Å². The Bertz CT molecular complexity index is 1010. The fourth-order valence-electron chi connectivity index (χ4n) is 2.89. The number of rotatable bonds is 8. The molecule has 0 spiro atoms. The third-order valence-corrected chi connectivity index (χ3v) is 6.06. The molecule has 2 heterocycles. The molecule has 1 aliphatic heterocycles. The molecule has 11 nitrogen and oxygen atoms in total. The summed E-state index contributed by atoms with van der Waals surface area (Å²) in [6.07, 6.45) is 1.15. The number of hydrogen-bond acceptors (Lipinski definition) is 8. The number of H-pyrrole nitrogens is 1. The molecule has 0 saturated carbocycles. The van der Waals surface area contributed by atoms with Crippen LogP contribution in [0.4, 0.5) is 4.39 Å². The Morgan fingerprint density at radius 3 is 2.71 bits per heavy atom. The normalized spacial score (nSPS) is 28.6. The van der Waals surface area contributed by atoms with Crippen LogP contribution < -0.4 is 16.3 Å². The van der Waals surface area contributed by atoms with Crippen molar-refractivity contribution in [3.8, 4) is 12.1 Å². The monoisotopic (exact) mass is 461 g/mol. The van der Waals surface area contributed by atoms with Gasteiger partial charge in [-0.15, -0.1) is 6.42 Å². The van der Waals surface area contributed by atoms with Crippen molar-refractivity contribution in [2.75, 3.05) is 6.61 Å². The maximum absolute atomic E-state index is 15.2. The average Bonchev–Trinajstić information content (AvgIpc) is 2.89. The minimum Gasteiger partial charge on any atom is -0.462 e. The summed E-state index contributed by atoms with van der Waals surface area (Å²) in [5.74, 6) is -0.708. The number of carbonyl (C=O) groups is 1. The quantitative estimate of drug-likeness (QED) is 0.281. The first-order valence-corrected chi connectivity index (χ1v) is 11.0. The molecule has 0 amide bonds. The van der Waals surface area contributed by atoms with E-state index in [2.05, 4.69) is 5.09 Å². The Morgan fingerprint density at radius 1 is 1.52 bits per heavy atom. The van der Waals surface area contributed by atoms with Crippen molar-refractivity contribution in [2.24, 2.45) is 0 Å². The predicted octanol–water partition coefficient (Wildman–Crippen LogP) is 0.253. The molecule has 0 aromatic carbocycles. The number of aromatic nitrogens is 2. The molecule has 1 fully saturated rings. The number of nitrogens with zero attached hydrogens (tertiary/aromatic N) is 1. The summed E-state index contributed by atoms with van der Waals surface area (Å²) in [6, 6.07) is -0.0804. The average molecular weight is 461 g/mol. The van der Waals surface area contributed by atoms with Gasteiger partial charge in [0.15, 0.2) is 11.9 Å². The number of nitrogens with one attached hydrogen (secondary N) is 2. The molecule has 0 aliphatic carbocycles. The zero-order valence-corrected chi connectivity index (χ0v) is 18.3. The standard InChI is InChI=1S/C18H25FN3O8P/c1-6-31(27,21-11(4)15(25)29-10(2)3)28-9-12-14(24)18(5,19)16(30-12)22-8-7-13(23)20-17(22)26/h1,7-8,10-12,14,16,24H,9H2,2-5H3,(H,21,27)(H,20,23,26). The first-order valence-electron chi connectivity index (χ1n) is 9.35. The van der Waals surface area contributed by atoms with Gasteiger partial charge in [0.25, 0.3) is 5.56 Å². The predicted molar refractivity (Wildman–Crippen MR) is 107 cm³/mol. The Hall–Kier alpha value is -2.29. The molecule has 1 aliphatic rings. The summed E-state index contributed by atoms with van der Waals surface area (Å²) in [5, 5.41) is 12.7. The highest BCUT2D eigenvalue weighted by atomic mass is 31.2. The fraction of sp³-hybridized carbons (Fsp3) is 0.611. The van der Waals surface area contributed by atoms with Crippen LogP contribution in [-0.4, -0.2) is 57.3 Å². The number of ether oxygens (including phenoxy) is 2. The van der Waals surface area contributed by atoms with E-state index in [4.69, 9.17) is 20.4 Å². The summed E-state index contributed by atoms with van der Waals surface area (Å²) in [6.45, 7) is 5.03. The van der Waals surface area contributed by atoms with Crippen molar-refractivity contribution in [1.82, 2.24) is 14.6 Å². The van der Waals surface area contributed by atoms with Crippen molar-refractivity contribution < 1.29 is 32.9 Å². The minimum atomic E-state index is -4.03. The molecule has 1 aromatic rings. The lowest BCUT2D eigenvalue weighted by Gasteiger charge is -2.24. The van der Waals surface area contributed by atoms with Gasteiger partial charge >= 0.3 is 19.2 Å². The van der Waals surface area contributed by atoms with Crippen molar-refractivity contribution in [3.05, 3.63) is 33.1 Å². The van der Waals surface area contributed by atoms with E-state index in [0.29, 0.717) is 0 Å². The minimum absolute atomic E-state index is 0.402. The summed E-state index contributed by atoms with van der Waals surface area (Å²) in [4.78, 5) is 37.1. The number of esters is 1. The van der Waals surface area contributed by atoms with Crippen molar-refractivity contribution in [1.29, 1.82) is 0 Å². The van der Waals surface area contributed by atoms with Crippen LogP contribution >= 0.6 is 7.52 Å². The van der Waals surface area contributed by atoms with Crippen LogP contribution in [0.3, 0.4) is 0 Å². The number of terminal acetylenes is 1. The van der Waals surface area contributed by atoms with Crippen LogP contribution in [0.15, 0.2) is 21.9 Å². The highest BCUT2D eigenvalue weighted by molar-refractivity contribution is 7.62. The Morgan fingerprint density at radius 2 is 2.16 bits per heavy atom. The van der Waals surface area contributed by atoms with Crippen LogP contribution in [-0.2, 0) is 23.4 Å². The second-order valence-corrected chi connectivity index (χ2v) is 9.33. The molecule has 6 unspecified atom stereocenters. The Kier molecular flexibility index (Phi) is 7.62. The van der Waals surface area contributed by atoms with Gasteiger partial charge in [-0.2, -0.15) is 0 Å². The maximum atomic E-state index is 15.2. The van der Waals surface area contributed by atoms with E-state index >= 15 is 4.39 Å². The molecule has 13 heteroatoms. The summed E-state index contributed by atoms with van der Waals surface area (Å²) in [5.41, 5.74) is -2.17. The number of hydrogen-bond donors (Lipinski definition) is 3. The zero-order valence-electron chi connectivity index (χ0n) is 17.4. The number of aliphatic hydroxyl groups is 1. The van der Waals surface area contributed by atoms with Gasteiger partial charge in [-0.25, -0.2) is 14.3 Å². The largest absolute Gasteiger partial charge is 0.462 e. The lowest BCUT2D eigenvalue weighted by molar-refractivity contribution is -0.149. The second kappa shape index (κ2) is 9.46. The number of aliphatic hydroxyl groups excluding tert-OH is 1. The summed E-state index contributed by atoms with van der Waals surface area (Å²) < 4.78 is 44.3. The highest BCUT2D eigenvalue weighted by Gasteiger charge is 2.55. The number of carbonyl (C=O) groups excluding carboxylic acids is 1. The van der Waals surface area contributed by atoms with Crippen LogP contribution in [0.25, 0.3) is 0 Å². The van der Waals surface area contributed by atoms with Crippen LogP contribution in [0.5, 0.6) is 0 Å². The van der Waals surface area contributed by atoms with Gasteiger partial charge in [-0.05, 0) is 27.7 Å². The van der Waals surface area contributed by atoms with E-state index in [-0.39, 0.29) is 0 Å². The topological polar surface area (TPSA) is 149 Å². The first kappa shape index (κ1) is 25.0. The van der Waals surface area contributed by atoms with Gasteiger partial charge in [0.05, 0.1) is 12.7 Å². The summed E-state index contributed by atoms with van der Waals surface area (Å²) >= 11 is 0. The number of halogens is 1. The highest BCUT2D eigenvalue weighted by Crippen LogP contribution is 2.45. The number of alkyl halides is 1. The van der Waals surface area contributed by atoms with E-state index < -0.39 is 67.6 Å². The SMILES string of the molecule is C#CP(=O)(NC(C)C(=O)OC(C)C)OCC1OC(n2ccc(=O)[nH]c2=O)C(C)(F)C1O. The van der Waals surface area contributed by atoms with Gasteiger partial charge in [-0.3, -0.25) is 23.7 Å². The molecular weight excluding hydrogens is 436 g/mol. The van der Waals surface area contributed by atoms with Crippen LogP contribution in [0.2, 0.25) is 0 Å².